The average Bonchev–Trinajstić information content (AvgIpc) is 2.46. The zero-order valence-electron chi connectivity index (χ0n) is 11.2. The Hall–Kier alpha value is -1.90. The van der Waals surface area contributed by atoms with Gasteiger partial charge < -0.3 is 0 Å². The van der Waals surface area contributed by atoms with E-state index in [9.17, 15) is 8.42 Å². The summed E-state index contributed by atoms with van der Waals surface area (Å²) in [6.07, 6.45) is 0.748. The maximum absolute atomic E-state index is 12.5. The summed E-state index contributed by atoms with van der Waals surface area (Å²) in [7, 11) is -3.62. The third kappa shape index (κ3) is 2.98. The lowest BCUT2D eigenvalue weighted by molar-refractivity contribution is 0.544. The molecule has 0 aliphatic carbocycles. The minimum Gasteiger partial charge on any atom is -0.207 e. The fourth-order valence-corrected chi connectivity index (χ4v) is 3.64. The van der Waals surface area contributed by atoms with Crippen LogP contribution in [-0.4, -0.2) is 14.5 Å². The van der Waals surface area contributed by atoms with Crippen LogP contribution in [0, 0.1) is 11.3 Å². The Morgan fingerprint density at radius 2 is 1.90 bits per heavy atom. The molecule has 2 aromatic rings. The van der Waals surface area contributed by atoms with Crippen molar-refractivity contribution in [3.8, 4) is 6.07 Å². The number of rotatable bonds is 5. The van der Waals surface area contributed by atoms with Gasteiger partial charge >= 0.3 is 0 Å². The third-order valence-corrected chi connectivity index (χ3v) is 4.77. The van der Waals surface area contributed by atoms with Gasteiger partial charge in [0.1, 0.15) is 0 Å². The molecule has 4 nitrogen and oxygen atoms in total. The van der Waals surface area contributed by atoms with Crippen LogP contribution in [-0.2, 0) is 10.0 Å². The molecule has 0 bridgehead atoms. The molecule has 0 amide bonds. The summed E-state index contributed by atoms with van der Waals surface area (Å²) >= 11 is 0. The van der Waals surface area contributed by atoms with Gasteiger partial charge in [0.15, 0.2) is 0 Å². The minimum atomic E-state index is -3.62. The number of nitriles is 1. The first-order valence-electron chi connectivity index (χ1n) is 6.45. The van der Waals surface area contributed by atoms with E-state index in [0.717, 1.165) is 5.39 Å². The molecule has 0 aliphatic heterocycles. The van der Waals surface area contributed by atoms with E-state index < -0.39 is 10.0 Å². The summed E-state index contributed by atoms with van der Waals surface area (Å²) in [6.45, 7) is 1.85. The van der Waals surface area contributed by atoms with E-state index in [1.807, 2.05) is 37.3 Å². The van der Waals surface area contributed by atoms with E-state index in [2.05, 4.69) is 4.72 Å². The van der Waals surface area contributed by atoms with Crippen molar-refractivity contribution in [2.75, 3.05) is 0 Å². The molecule has 20 heavy (non-hydrogen) atoms. The summed E-state index contributed by atoms with van der Waals surface area (Å²) in [6, 6.07) is 14.2. The Labute approximate surface area is 119 Å². The second-order valence-electron chi connectivity index (χ2n) is 4.57. The highest BCUT2D eigenvalue weighted by Crippen LogP contribution is 2.23. The van der Waals surface area contributed by atoms with Crippen LogP contribution >= 0.6 is 0 Å². The molecule has 104 valence electrons. The van der Waals surface area contributed by atoms with E-state index in [-0.39, 0.29) is 17.4 Å². The summed E-state index contributed by atoms with van der Waals surface area (Å²) in [5.74, 6) is 0. The summed E-state index contributed by atoms with van der Waals surface area (Å²) in [5, 5.41) is 10.3. The zero-order valence-corrected chi connectivity index (χ0v) is 12.0. The highest BCUT2D eigenvalue weighted by molar-refractivity contribution is 7.89. The van der Waals surface area contributed by atoms with Crippen molar-refractivity contribution in [1.29, 1.82) is 5.26 Å². The molecule has 0 aliphatic rings. The lowest BCUT2D eigenvalue weighted by Crippen LogP contribution is -2.34. The van der Waals surface area contributed by atoms with Gasteiger partial charge in [0.2, 0.25) is 10.0 Å². The van der Waals surface area contributed by atoms with Crippen molar-refractivity contribution in [2.24, 2.45) is 0 Å². The number of sulfonamides is 1. The zero-order chi connectivity index (χ0) is 14.6. The number of benzene rings is 2. The largest absolute Gasteiger partial charge is 0.241 e. The van der Waals surface area contributed by atoms with Crippen LogP contribution in [0.15, 0.2) is 47.4 Å². The molecule has 0 spiro atoms. The van der Waals surface area contributed by atoms with Gasteiger partial charge in [0.05, 0.1) is 17.4 Å². The van der Waals surface area contributed by atoms with Gasteiger partial charge in [-0.2, -0.15) is 5.26 Å². The maximum Gasteiger partial charge on any atom is 0.241 e. The molecule has 0 saturated heterocycles. The minimum absolute atomic E-state index is 0.167. The molecule has 1 N–H and O–H groups in total. The van der Waals surface area contributed by atoms with E-state index in [4.69, 9.17) is 5.26 Å². The molecule has 1 unspecified atom stereocenters. The normalized spacial score (nSPS) is 13.0. The maximum atomic E-state index is 12.5. The molecule has 2 rings (SSSR count). The van der Waals surface area contributed by atoms with Crippen LogP contribution in [0.25, 0.3) is 10.8 Å². The van der Waals surface area contributed by atoms with Crippen molar-refractivity contribution in [3.05, 3.63) is 42.5 Å². The monoisotopic (exact) mass is 288 g/mol. The van der Waals surface area contributed by atoms with Gasteiger partial charge in [0.25, 0.3) is 0 Å². The van der Waals surface area contributed by atoms with E-state index >= 15 is 0 Å². The predicted molar refractivity (Wildman–Crippen MR) is 78.6 cm³/mol. The molecule has 5 heteroatoms. The van der Waals surface area contributed by atoms with Gasteiger partial charge in [-0.25, -0.2) is 13.1 Å². The Balaban J connectivity index is 2.45. The van der Waals surface area contributed by atoms with E-state index in [0.29, 0.717) is 11.8 Å². The van der Waals surface area contributed by atoms with Crippen LogP contribution < -0.4 is 4.72 Å². The highest BCUT2D eigenvalue weighted by Gasteiger charge is 2.20. The SMILES string of the molecule is CCC(CC#N)NS(=O)(=O)c1cccc2ccccc12. The molecule has 0 heterocycles. The van der Waals surface area contributed by atoms with Gasteiger partial charge in [0, 0.05) is 11.4 Å². The van der Waals surface area contributed by atoms with Crippen molar-refractivity contribution in [1.82, 2.24) is 4.72 Å². The van der Waals surface area contributed by atoms with Crippen molar-refractivity contribution >= 4 is 20.8 Å². The van der Waals surface area contributed by atoms with E-state index in [1.165, 1.54) is 0 Å². The van der Waals surface area contributed by atoms with Crippen LogP contribution in [0.2, 0.25) is 0 Å². The number of nitrogens with zero attached hydrogens (tertiary/aromatic N) is 1. The smallest absolute Gasteiger partial charge is 0.207 e. The second-order valence-corrected chi connectivity index (χ2v) is 6.25. The molecule has 2 aromatic carbocycles. The predicted octanol–water partition coefficient (Wildman–Crippen LogP) is 2.81. The second kappa shape index (κ2) is 6.04. The number of fused-ring (bicyclic) bond motifs is 1. The van der Waals surface area contributed by atoms with Gasteiger partial charge in [-0.3, -0.25) is 0 Å². The fourth-order valence-electron chi connectivity index (χ4n) is 2.09. The van der Waals surface area contributed by atoms with Crippen molar-refractivity contribution in [3.63, 3.8) is 0 Å². The Bertz CT molecular complexity index is 743. The van der Waals surface area contributed by atoms with Gasteiger partial charge in [-0.15, -0.1) is 0 Å². The standard InChI is InChI=1S/C15H16N2O2S/c1-2-13(10-11-16)17-20(18,19)15-9-5-7-12-6-3-4-8-14(12)15/h3-9,13,17H,2,10H2,1H3. The van der Waals surface area contributed by atoms with Gasteiger partial charge in [-0.05, 0) is 17.9 Å². The first-order chi connectivity index (χ1) is 9.58. The number of nitrogens with one attached hydrogen (secondary N) is 1. The molecule has 0 radical (unpaired) electrons. The highest BCUT2D eigenvalue weighted by atomic mass is 32.2. The summed E-state index contributed by atoms with van der Waals surface area (Å²) in [5.41, 5.74) is 0. The Kier molecular flexibility index (Phi) is 4.38. The van der Waals surface area contributed by atoms with Gasteiger partial charge in [-0.1, -0.05) is 43.3 Å². The summed E-state index contributed by atoms with van der Waals surface area (Å²) < 4.78 is 27.5. The average molecular weight is 288 g/mol. The number of hydrogen-bond donors (Lipinski definition) is 1. The molecule has 0 saturated carbocycles. The first-order valence-corrected chi connectivity index (χ1v) is 7.94. The summed E-state index contributed by atoms with van der Waals surface area (Å²) in [4.78, 5) is 0.256. The molecular formula is C15H16N2O2S. The first kappa shape index (κ1) is 14.5. The fraction of sp³-hybridized carbons (Fsp3) is 0.267. The van der Waals surface area contributed by atoms with E-state index in [1.54, 1.807) is 18.2 Å². The lowest BCUT2D eigenvalue weighted by Gasteiger charge is -2.15. The topological polar surface area (TPSA) is 70.0 Å². The van der Waals surface area contributed by atoms with Crippen LogP contribution in [0.5, 0.6) is 0 Å². The molecule has 0 aromatic heterocycles. The molecular weight excluding hydrogens is 272 g/mol. The molecule has 1 atom stereocenters. The quantitative estimate of drug-likeness (QED) is 0.919. The Morgan fingerprint density at radius 3 is 2.60 bits per heavy atom. The third-order valence-electron chi connectivity index (χ3n) is 3.19. The molecule has 0 fully saturated rings. The van der Waals surface area contributed by atoms with Crippen LogP contribution in [0.3, 0.4) is 0 Å². The lowest BCUT2D eigenvalue weighted by atomic mass is 10.1. The number of hydrogen-bond acceptors (Lipinski definition) is 3. The van der Waals surface area contributed by atoms with Crippen molar-refractivity contribution in [2.45, 2.75) is 30.7 Å². The Morgan fingerprint density at radius 1 is 1.20 bits per heavy atom. The van der Waals surface area contributed by atoms with Crippen molar-refractivity contribution < 1.29 is 8.42 Å². The van der Waals surface area contributed by atoms with Crippen LogP contribution in [0.4, 0.5) is 0 Å². The van der Waals surface area contributed by atoms with Crippen LogP contribution in [0.1, 0.15) is 19.8 Å².